The average Bonchev–Trinajstić information content (AvgIpc) is 2.48. The first-order valence-corrected chi connectivity index (χ1v) is 9.10. The number of azo groups is 1. The van der Waals surface area contributed by atoms with Gasteiger partial charge < -0.3 is 10.8 Å². The highest BCUT2D eigenvalue weighted by Crippen LogP contribution is 2.42. The number of halogens is 2. The van der Waals surface area contributed by atoms with Crippen molar-refractivity contribution >= 4 is 40.3 Å². The molecule has 3 N–H and O–H groups in total. The van der Waals surface area contributed by atoms with Crippen molar-refractivity contribution in [1.29, 1.82) is 0 Å². The van der Waals surface area contributed by atoms with Crippen LogP contribution in [0.25, 0.3) is 0 Å². The third-order valence-electron chi connectivity index (χ3n) is 4.10. The molecule has 0 fully saturated rings. The Morgan fingerprint density at radius 3 is 1.88 bits per heavy atom. The Bertz CT molecular complexity index is 863. The lowest BCUT2D eigenvalue weighted by molar-refractivity contribution is 0.446. The highest BCUT2D eigenvalue weighted by atomic mass is 35.5. The summed E-state index contributed by atoms with van der Waals surface area (Å²) >= 11 is 12.0. The molecular formula is C20H25Cl2N3O. The van der Waals surface area contributed by atoms with E-state index in [1.807, 2.05) is 32.9 Å². The maximum Gasteiger partial charge on any atom is 0.146 e. The molecule has 2 rings (SSSR count). The minimum atomic E-state index is -0.238. The summed E-state index contributed by atoms with van der Waals surface area (Å²) in [6.45, 7) is 12.5. The van der Waals surface area contributed by atoms with Gasteiger partial charge in [0.1, 0.15) is 17.1 Å². The molecule has 140 valence electrons. The van der Waals surface area contributed by atoms with Crippen molar-refractivity contribution in [2.75, 3.05) is 5.73 Å². The third kappa shape index (κ3) is 4.49. The van der Waals surface area contributed by atoms with Gasteiger partial charge >= 0.3 is 0 Å². The smallest absolute Gasteiger partial charge is 0.146 e. The Morgan fingerprint density at radius 1 is 0.808 bits per heavy atom. The van der Waals surface area contributed by atoms with Crippen LogP contribution in [0, 0.1) is 0 Å². The standard InChI is InChI=1S/C20H25Cl2N3O/c1-19(2,3)11-7-12(20(4,5)6)18(26)17(8-11)25-24-16-10-14(22)13(21)9-15(16)23/h7-10,26H,23H2,1-6H3/b25-24+. The van der Waals surface area contributed by atoms with Crippen LogP contribution >= 0.6 is 23.2 Å². The molecular weight excluding hydrogens is 369 g/mol. The van der Waals surface area contributed by atoms with Crippen LogP contribution in [-0.2, 0) is 10.8 Å². The van der Waals surface area contributed by atoms with Gasteiger partial charge in [0.25, 0.3) is 0 Å². The number of hydrogen-bond acceptors (Lipinski definition) is 4. The Kier molecular flexibility index (Phi) is 5.60. The fourth-order valence-electron chi connectivity index (χ4n) is 2.45. The summed E-state index contributed by atoms with van der Waals surface area (Å²) in [6, 6.07) is 6.96. The molecule has 0 aliphatic carbocycles. The van der Waals surface area contributed by atoms with E-state index in [0.717, 1.165) is 11.1 Å². The molecule has 6 heteroatoms. The minimum absolute atomic E-state index is 0.0966. The Hall–Kier alpha value is -1.78. The second-order valence-corrected chi connectivity index (χ2v) is 9.23. The van der Waals surface area contributed by atoms with Gasteiger partial charge in [-0.05, 0) is 34.6 Å². The lowest BCUT2D eigenvalue weighted by Gasteiger charge is -2.26. The van der Waals surface area contributed by atoms with E-state index in [4.69, 9.17) is 28.9 Å². The molecule has 0 radical (unpaired) electrons. The van der Waals surface area contributed by atoms with Gasteiger partial charge in [0.15, 0.2) is 0 Å². The molecule has 0 unspecified atom stereocenters. The quantitative estimate of drug-likeness (QED) is 0.415. The van der Waals surface area contributed by atoms with Crippen LogP contribution in [-0.4, -0.2) is 5.11 Å². The molecule has 2 aromatic carbocycles. The Balaban J connectivity index is 2.60. The topological polar surface area (TPSA) is 71.0 Å². The maximum atomic E-state index is 10.7. The summed E-state index contributed by atoms with van der Waals surface area (Å²) in [5, 5.41) is 19.9. The maximum absolute atomic E-state index is 10.7. The van der Waals surface area contributed by atoms with E-state index in [-0.39, 0.29) is 16.6 Å². The first-order chi connectivity index (χ1) is 11.8. The molecule has 0 aliphatic heterocycles. The van der Waals surface area contributed by atoms with Crippen molar-refractivity contribution in [2.24, 2.45) is 10.2 Å². The Labute approximate surface area is 165 Å². The number of phenolic OH excluding ortho intramolecular Hbond substituents is 1. The van der Waals surface area contributed by atoms with Crippen molar-refractivity contribution in [3.8, 4) is 5.75 Å². The second-order valence-electron chi connectivity index (χ2n) is 8.42. The average molecular weight is 394 g/mol. The zero-order valence-electron chi connectivity index (χ0n) is 16.0. The van der Waals surface area contributed by atoms with Crippen molar-refractivity contribution < 1.29 is 5.11 Å². The molecule has 0 heterocycles. The molecule has 0 saturated heterocycles. The van der Waals surface area contributed by atoms with E-state index in [2.05, 4.69) is 31.0 Å². The molecule has 26 heavy (non-hydrogen) atoms. The van der Waals surface area contributed by atoms with Crippen LogP contribution in [0.4, 0.5) is 17.1 Å². The van der Waals surface area contributed by atoms with E-state index in [9.17, 15) is 5.11 Å². The number of nitrogen functional groups attached to an aromatic ring is 1. The third-order valence-corrected chi connectivity index (χ3v) is 4.82. The lowest BCUT2D eigenvalue weighted by Crippen LogP contribution is -2.16. The monoisotopic (exact) mass is 393 g/mol. The molecule has 2 aromatic rings. The van der Waals surface area contributed by atoms with Gasteiger partial charge in [-0.1, -0.05) is 70.8 Å². The molecule has 0 spiro atoms. The van der Waals surface area contributed by atoms with Gasteiger partial charge in [-0.15, -0.1) is 10.2 Å². The van der Waals surface area contributed by atoms with Gasteiger partial charge in [0.05, 0.1) is 15.7 Å². The minimum Gasteiger partial charge on any atom is -0.505 e. The van der Waals surface area contributed by atoms with Crippen LogP contribution < -0.4 is 5.73 Å². The summed E-state index contributed by atoms with van der Waals surface area (Å²) in [4.78, 5) is 0. The Morgan fingerprint density at radius 2 is 1.35 bits per heavy atom. The summed E-state index contributed by atoms with van der Waals surface area (Å²) in [7, 11) is 0. The SMILES string of the molecule is CC(C)(C)c1cc(/N=N/c2cc(Cl)c(Cl)cc2N)c(O)c(C(C)(C)C)c1. The van der Waals surface area contributed by atoms with E-state index in [1.165, 1.54) is 6.07 Å². The molecule has 0 saturated carbocycles. The van der Waals surface area contributed by atoms with Crippen molar-refractivity contribution in [1.82, 2.24) is 0 Å². The predicted molar refractivity (Wildman–Crippen MR) is 111 cm³/mol. The first-order valence-electron chi connectivity index (χ1n) is 8.35. The van der Waals surface area contributed by atoms with Gasteiger partial charge in [-0.3, -0.25) is 0 Å². The van der Waals surface area contributed by atoms with Crippen LogP contribution in [0.15, 0.2) is 34.5 Å². The fraction of sp³-hybridized carbons (Fsp3) is 0.400. The molecule has 0 bridgehead atoms. The van der Waals surface area contributed by atoms with E-state index in [1.54, 1.807) is 6.07 Å². The lowest BCUT2D eigenvalue weighted by atomic mass is 9.80. The van der Waals surface area contributed by atoms with Crippen LogP contribution in [0.2, 0.25) is 10.0 Å². The summed E-state index contributed by atoms with van der Waals surface area (Å²) in [5.41, 5.74) is 8.65. The zero-order chi connectivity index (χ0) is 19.9. The number of phenols is 1. The number of aromatic hydroxyl groups is 1. The van der Waals surface area contributed by atoms with Gasteiger partial charge in [-0.25, -0.2) is 0 Å². The van der Waals surface area contributed by atoms with E-state index >= 15 is 0 Å². The largest absolute Gasteiger partial charge is 0.505 e. The predicted octanol–water partition coefficient (Wildman–Crippen LogP) is 7.29. The number of nitrogens with zero attached hydrogens (tertiary/aromatic N) is 2. The van der Waals surface area contributed by atoms with Crippen LogP contribution in [0.1, 0.15) is 52.7 Å². The van der Waals surface area contributed by atoms with E-state index < -0.39 is 0 Å². The molecule has 0 atom stereocenters. The number of hydrogen-bond donors (Lipinski definition) is 2. The number of anilines is 1. The normalized spacial score (nSPS) is 12.8. The first kappa shape index (κ1) is 20.5. The van der Waals surface area contributed by atoms with Crippen LogP contribution in [0.5, 0.6) is 5.75 Å². The summed E-state index contributed by atoms with van der Waals surface area (Å²) in [5.74, 6) is 0.118. The van der Waals surface area contributed by atoms with Crippen LogP contribution in [0.3, 0.4) is 0 Å². The van der Waals surface area contributed by atoms with Gasteiger partial charge in [0, 0.05) is 5.56 Å². The molecule has 0 amide bonds. The highest BCUT2D eigenvalue weighted by Gasteiger charge is 2.25. The van der Waals surface area contributed by atoms with E-state index in [0.29, 0.717) is 27.1 Å². The molecule has 4 nitrogen and oxygen atoms in total. The second kappa shape index (κ2) is 7.09. The van der Waals surface area contributed by atoms with Gasteiger partial charge in [-0.2, -0.15) is 0 Å². The van der Waals surface area contributed by atoms with Crippen molar-refractivity contribution in [3.05, 3.63) is 45.4 Å². The fourth-order valence-corrected chi connectivity index (χ4v) is 2.78. The molecule has 0 aromatic heterocycles. The number of nitrogens with two attached hydrogens (primary N) is 1. The van der Waals surface area contributed by atoms with Gasteiger partial charge in [0.2, 0.25) is 0 Å². The number of benzene rings is 2. The number of rotatable bonds is 2. The molecule has 0 aliphatic rings. The highest BCUT2D eigenvalue weighted by molar-refractivity contribution is 6.42. The zero-order valence-corrected chi connectivity index (χ0v) is 17.5. The summed E-state index contributed by atoms with van der Waals surface area (Å²) in [6.07, 6.45) is 0. The van der Waals surface area contributed by atoms with Crippen molar-refractivity contribution in [2.45, 2.75) is 52.4 Å². The summed E-state index contributed by atoms with van der Waals surface area (Å²) < 4.78 is 0. The van der Waals surface area contributed by atoms with Crippen molar-refractivity contribution in [3.63, 3.8) is 0 Å².